The molecule has 130 valence electrons. The van der Waals surface area contributed by atoms with Crippen molar-refractivity contribution in [2.24, 2.45) is 7.05 Å². The van der Waals surface area contributed by atoms with Crippen molar-refractivity contribution in [1.82, 2.24) is 19.4 Å². The molecule has 0 atom stereocenters. The number of carbonyl (C=O) groups is 1. The number of aryl methyl sites for hydroxylation is 2. The van der Waals surface area contributed by atoms with Crippen molar-refractivity contribution < 1.29 is 4.79 Å². The fraction of sp³-hybridized carbons (Fsp3) is 0.238. The highest BCUT2D eigenvalue weighted by molar-refractivity contribution is 5.98. The molecule has 1 amide bonds. The number of nitrogens with one attached hydrogen (secondary N) is 1. The summed E-state index contributed by atoms with van der Waals surface area (Å²) >= 11 is 0. The van der Waals surface area contributed by atoms with Gasteiger partial charge in [-0.2, -0.15) is 0 Å². The van der Waals surface area contributed by atoms with Gasteiger partial charge in [-0.05, 0) is 31.2 Å². The summed E-state index contributed by atoms with van der Waals surface area (Å²) in [6, 6.07) is 14.1. The molecule has 0 saturated heterocycles. The van der Waals surface area contributed by atoms with E-state index in [-0.39, 0.29) is 5.91 Å². The van der Waals surface area contributed by atoms with E-state index in [0.29, 0.717) is 12.1 Å². The average Bonchev–Trinajstić information content (AvgIpc) is 3.17. The van der Waals surface area contributed by atoms with E-state index in [1.54, 1.807) is 0 Å². The zero-order chi connectivity index (χ0) is 17.8. The predicted molar refractivity (Wildman–Crippen MR) is 102 cm³/mol. The Bertz CT molecular complexity index is 1170. The summed E-state index contributed by atoms with van der Waals surface area (Å²) in [5.41, 5.74) is 6.29. The Morgan fingerprint density at radius 3 is 2.92 bits per heavy atom. The smallest absolute Gasteiger partial charge is 0.254 e. The van der Waals surface area contributed by atoms with Crippen LogP contribution in [0.25, 0.3) is 21.9 Å². The predicted octanol–water partition coefficient (Wildman–Crippen LogP) is 3.56. The number of nitrogens with zero attached hydrogens (tertiary/aromatic N) is 3. The van der Waals surface area contributed by atoms with Gasteiger partial charge in [-0.3, -0.25) is 4.79 Å². The van der Waals surface area contributed by atoms with Gasteiger partial charge < -0.3 is 14.5 Å². The summed E-state index contributed by atoms with van der Waals surface area (Å²) in [7, 11) is 2.00. The Kier molecular flexibility index (Phi) is 3.19. The molecule has 0 spiro atoms. The van der Waals surface area contributed by atoms with Crippen molar-refractivity contribution in [3.05, 3.63) is 65.1 Å². The lowest BCUT2D eigenvalue weighted by Crippen LogP contribution is -2.35. The highest BCUT2D eigenvalue weighted by atomic mass is 16.2. The number of benzene rings is 2. The molecule has 0 unspecified atom stereocenters. The van der Waals surface area contributed by atoms with Crippen molar-refractivity contribution in [3.8, 4) is 0 Å². The van der Waals surface area contributed by atoms with E-state index in [4.69, 9.17) is 0 Å². The number of para-hydroxylation sites is 1. The van der Waals surface area contributed by atoms with Gasteiger partial charge in [-0.15, -0.1) is 0 Å². The van der Waals surface area contributed by atoms with Gasteiger partial charge in [-0.25, -0.2) is 4.98 Å². The number of hydrogen-bond donors (Lipinski definition) is 1. The van der Waals surface area contributed by atoms with Crippen molar-refractivity contribution in [1.29, 1.82) is 0 Å². The van der Waals surface area contributed by atoms with E-state index >= 15 is 0 Å². The van der Waals surface area contributed by atoms with Crippen LogP contribution in [0.3, 0.4) is 0 Å². The number of H-pyrrole nitrogens is 1. The first-order valence-corrected chi connectivity index (χ1v) is 8.92. The minimum Gasteiger partial charge on any atom is -0.358 e. The summed E-state index contributed by atoms with van der Waals surface area (Å²) in [4.78, 5) is 23.1. The molecule has 2 aromatic carbocycles. The van der Waals surface area contributed by atoms with Crippen LogP contribution in [-0.4, -0.2) is 31.9 Å². The standard InChI is InChI=1S/C21H20N4O/c1-13-22-19-11-14(7-8-20(19)24(13)2)21(26)25-10-9-18-16(12-25)15-5-3-4-6-17(15)23-18/h3-8,11,23H,9-10,12H2,1-2H3. The Morgan fingerprint density at radius 2 is 2.04 bits per heavy atom. The Morgan fingerprint density at radius 1 is 1.19 bits per heavy atom. The first-order chi connectivity index (χ1) is 12.6. The van der Waals surface area contributed by atoms with Crippen LogP contribution in [0.1, 0.15) is 27.4 Å². The van der Waals surface area contributed by atoms with Crippen LogP contribution in [0, 0.1) is 6.92 Å². The summed E-state index contributed by atoms with van der Waals surface area (Å²) in [6.07, 6.45) is 0.862. The highest BCUT2D eigenvalue weighted by Crippen LogP contribution is 2.28. The molecule has 5 heteroatoms. The second kappa shape index (κ2) is 5.46. The lowest BCUT2D eigenvalue weighted by molar-refractivity contribution is 0.0735. The molecular formula is C21H20N4O. The fourth-order valence-corrected chi connectivity index (χ4v) is 3.98. The van der Waals surface area contributed by atoms with Gasteiger partial charge in [0, 0.05) is 54.3 Å². The number of aromatic nitrogens is 3. The van der Waals surface area contributed by atoms with Crippen molar-refractivity contribution >= 4 is 27.8 Å². The maximum absolute atomic E-state index is 13.1. The molecule has 3 heterocycles. The van der Waals surface area contributed by atoms with Gasteiger partial charge >= 0.3 is 0 Å². The van der Waals surface area contributed by atoms with Crippen LogP contribution in [0.15, 0.2) is 42.5 Å². The van der Waals surface area contributed by atoms with Crippen LogP contribution in [0.2, 0.25) is 0 Å². The quantitative estimate of drug-likeness (QED) is 0.574. The Hall–Kier alpha value is -3.08. The van der Waals surface area contributed by atoms with E-state index in [2.05, 4.69) is 28.2 Å². The van der Waals surface area contributed by atoms with Gasteiger partial charge in [0.25, 0.3) is 5.91 Å². The SMILES string of the molecule is Cc1nc2cc(C(=O)N3CCc4[nH]c5ccccc5c4C3)ccc2n1C. The molecule has 5 rings (SSSR count). The van der Waals surface area contributed by atoms with Gasteiger partial charge in [0.2, 0.25) is 0 Å². The monoisotopic (exact) mass is 344 g/mol. The largest absolute Gasteiger partial charge is 0.358 e. The molecule has 2 aromatic heterocycles. The highest BCUT2D eigenvalue weighted by Gasteiger charge is 2.25. The molecular weight excluding hydrogens is 324 g/mol. The van der Waals surface area contributed by atoms with Crippen LogP contribution in [-0.2, 0) is 20.0 Å². The van der Waals surface area contributed by atoms with Crippen molar-refractivity contribution in [2.45, 2.75) is 19.9 Å². The summed E-state index contributed by atoms with van der Waals surface area (Å²) in [5.74, 6) is 1.03. The van der Waals surface area contributed by atoms with Gasteiger partial charge in [0.05, 0.1) is 11.0 Å². The van der Waals surface area contributed by atoms with Crippen molar-refractivity contribution in [2.75, 3.05) is 6.54 Å². The van der Waals surface area contributed by atoms with E-state index in [1.807, 2.05) is 47.7 Å². The minimum atomic E-state index is 0.0751. The number of aromatic amines is 1. The van der Waals surface area contributed by atoms with E-state index in [1.165, 1.54) is 16.6 Å². The molecule has 4 aromatic rings. The Labute approximate surface area is 151 Å². The van der Waals surface area contributed by atoms with E-state index < -0.39 is 0 Å². The number of rotatable bonds is 1. The van der Waals surface area contributed by atoms with Crippen LogP contribution >= 0.6 is 0 Å². The van der Waals surface area contributed by atoms with Gasteiger partial charge in [-0.1, -0.05) is 18.2 Å². The number of fused-ring (bicyclic) bond motifs is 4. The second-order valence-electron chi connectivity index (χ2n) is 7.03. The topological polar surface area (TPSA) is 53.9 Å². The van der Waals surface area contributed by atoms with E-state index in [9.17, 15) is 4.79 Å². The molecule has 0 bridgehead atoms. The molecule has 26 heavy (non-hydrogen) atoms. The number of carbonyl (C=O) groups excluding carboxylic acids is 1. The molecule has 0 saturated carbocycles. The molecule has 1 N–H and O–H groups in total. The summed E-state index contributed by atoms with van der Waals surface area (Å²) < 4.78 is 2.04. The summed E-state index contributed by atoms with van der Waals surface area (Å²) in [6.45, 7) is 3.36. The molecule has 0 fully saturated rings. The lowest BCUT2D eigenvalue weighted by atomic mass is 10.0. The van der Waals surface area contributed by atoms with Gasteiger partial charge in [0.15, 0.2) is 0 Å². The maximum Gasteiger partial charge on any atom is 0.254 e. The maximum atomic E-state index is 13.1. The Balaban J connectivity index is 1.49. The lowest BCUT2D eigenvalue weighted by Gasteiger charge is -2.27. The molecule has 0 radical (unpaired) electrons. The van der Waals surface area contributed by atoms with Crippen LogP contribution < -0.4 is 0 Å². The summed E-state index contributed by atoms with van der Waals surface area (Å²) in [5, 5.41) is 1.22. The van der Waals surface area contributed by atoms with Crippen molar-refractivity contribution in [3.63, 3.8) is 0 Å². The normalized spacial score (nSPS) is 14.2. The molecule has 5 nitrogen and oxygen atoms in total. The molecule has 1 aliphatic rings. The average molecular weight is 344 g/mol. The third-order valence-electron chi connectivity index (χ3n) is 5.52. The number of hydrogen-bond acceptors (Lipinski definition) is 2. The zero-order valence-electron chi connectivity index (χ0n) is 14.9. The second-order valence-corrected chi connectivity index (χ2v) is 7.03. The van der Waals surface area contributed by atoms with Crippen LogP contribution in [0.5, 0.6) is 0 Å². The van der Waals surface area contributed by atoms with Gasteiger partial charge in [0.1, 0.15) is 5.82 Å². The third kappa shape index (κ3) is 2.17. The third-order valence-corrected chi connectivity index (χ3v) is 5.52. The van der Waals surface area contributed by atoms with E-state index in [0.717, 1.165) is 35.3 Å². The molecule has 0 aliphatic carbocycles. The number of amides is 1. The van der Waals surface area contributed by atoms with Crippen LogP contribution in [0.4, 0.5) is 0 Å². The number of imidazole rings is 1. The molecule has 1 aliphatic heterocycles. The first kappa shape index (κ1) is 15.2. The minimum absolute atomic E-state index is 0.0751. The first-order valence-electron chi connectivity index (χ1n) is 8.92. The fourth-order valence-electron chi connectivity index (χ4n) is 3.98. The zero-order valence-corrected chi connectivity index (χ0v) is 14.9.